The van der Waals surface area contributed by atoms with Gasteiger partial charge in [0.05, 0.1) is 14.2 Å². The molecule has 1 rings (SSSR count). The molecule has 0 heterocycles. The Balaban J connectivity index is 2.50. The standard InChI is InChI=1S/C15H24N2O3/c1-5-11(2)17-15(18)16-9-8-12-10-13(19-3)6-7-14(12)20-4/h6-7,10-11H,5,8-9H2,1-4H3,(H2,16,17,18). The maximum absolute atomic E-state index is 11.6. The summed E-state index contributed by atoms with van der Waals surface area (Å²) < 4.78 is 10.5. The highest BCUT2D eigenvalue weighted by molar-refractivity contribution is 5.74. The number of carbonyl (C=O) groups is 1. The Morgan fingerprint density at radius 2 is 2.05 bits per heavy atom. The summed E-state index contributed by atoms with van der Waals surface area (Å²) in [6.45, 7) is 4.56. The number of hydrogen-bond donors (Lipinski definition) is 2. The van der Waals surface area contributed by atoms with Crippen molar-refractivity contribution in [3.05, 3.63) is 23.8 Å². The summed E-state index contributed by atoms with van der Waals surface area (Å²) in [5, 5.41) is 5.70. The Bertz CT molecular complexity index is 435. The molecule has 0 saturated carbocycles. The smallest absolute Gasteiger partial charge is 0.315 e. The lowest BCUT2D eigenvalue weighted by Gasteiger charge is -2.13. The minimum atomic E-state index is -0.138. The minimum Gasteiger partial charge on any atom is -0.497 e. The number of urea groups is 1. The van der Waals surface area contributed by atoms with Crippen LogP contribution >= 0.6 is 0 Å². The largest absolute Gasteiger partial charge is 0.497 e. The molecule has 0 aromatic heterocycles. The number of methoxy groups -OCH3 is 2. The van der Waals surface area contributed by atoms with Crippen molar-refractivity contribution >= 4 is 6.03 Å². The molecule has 0 aliphatic heterocycles. The van der Waals surface area contributed by atoms with E-state index in [0.29, 0.717) is 13.0 Å². The lowest BCUT2D eigenvalue weighted by atomic mass is 10.1. The molecule has 1 aromatic carbocycles. The van der Waals surface area contributed by atoms with Crippen LogP contribution in [0.1, 0.15) is 25.8 Å². The normalized spacial score (nSPS) is 11.6. The van der Waals surface area contributed by atoms with Gasteiger partial charge in [0.15, 0.2) is 0 Å². The van der Waals surface area contributed by atoms with Gasteiger partial charge in [-0.05, 0) is 43.5 Å². The van der Waals surface area contributed by atoms with Gasteiger partial charge in [0, 0.05) is 12.6 Å². The predicted molar refractivity (Wildman–Crippen MR) is 79.5 cm³/mol. The van der Waals surface area contributed by atoms with Gasteiger partial charge < -0.3 is 20.1 Å². The van der Waals surface area contributed by atoms with E-state index >= 15 is 0 Å². The second-order valence-electron chi connectivity index (χ2n) is 4.64. The lowest BCUT2D eigenvalue weighted by molar-refractivity contribution is 0.237. The van der Waals surface area contributed by atoms with E-state index < -0.39 is 0 Å². The molecule has 2 amide bonds. The van der Waals surface area contributed by atoms with Gasteiger partial charge in [0.2, 0.25) is 0 Å². The number of benzene rings is 1. The zero-order valence-corrected chi connectivity index (χ0v) is 12.7. The fourth-order valence-corrected chi connectivity index (χ4v) is 1.76. The Hall–Kier alpha value is -1.91. The third kappa shape index (κ3) is 4.99. The summed E-state index contributed by atoms with van der Waals surface area (Å²) in [6, 6.07) is 5.69. The van der Waals surface area contributed by atoms with Crippen molar-refractivity contribution in [1.29, 1.82) is 0 Å². The van der Waals surface area contributed by atoms with E-state index in [2.05, 4.69) is 10.6 Å². The minimum absolute atomic E-state index is 0.138. The molecular formula is C15H24N2O3. The van der Waals surface area contributed by atoms with E-state index in [0.717, 1.165) is 23.5 Å². The zero-order valence-electron chi connectivity index (χ0n) is 12.7. The fraction of sp³-hybridized carbons (Fsp3) is 0.533. The molecule has 0 saturated heterocycles. The quantitative estimate of drug-likeness (QED) is 0.806. The maximum atomic E-state index is 11.6. The molecule has 1 aromatic rings. The highest BCUT2D eigenvalue weighted by Crippen LogP contribution is 2.23. The van der Waals surface area contributed by atoms with E-state index in [9.17, 15) is 4.79 Å². The average Bonchev–Trinajstić information content (AvgIpc) is 2.46. The van der Waals surface area contributed by atoms with E-state index in [-0.39, 0.29) is 12.1 Å². The maximum Gasteiger partial charge on any atom is 0.315 e. The van der Waals surface area contributed by atoms with Crippen molar-refractivity contribution in [2.24, 2.45) is 0 Å². The van der Waals surface area contributed by atoms with Crippen LogP contribution < -0.4 is 20.1 Å². The van der Waals surface area contributed by atoms with Gasteiger partial charge >= 0.3 is 6.03 Å². The highest BCUT2D eigenvalue weighted by Gasteiger charge is 2.07. The summed E-state index contributed by atoms with van der Waals surface area (Å²) in [4.78, 5) is 11.6. The zero-order chi connectivity index (χ0) is 15.0. The molecule has 20 heavy (non-hydrogen) atoms. The van der Waals surface area contributed by atoms with Gasteiger partial charge in [-0.15, -0.1) is 0 Å². The molecule has 1 atom stereocenters. The summed E-state index contributed by atoms with van der Waals surface area (Å²) >= 11 is 0. The molecule has 2 N–H and O–H groups in total. The van der Waals surface area contributed by atoms with Crippen molar-refractivity contribution in [3.8, 4) is 11.5 Å². The Morgan fingerprint density at radius 1 is 1.30 bits per heavy atom. The van der Waals surface area contributed by atoms with Crippen molar-refractivity contribution in [2.75, 3.05) is 20.8 Å². The molecule has 0 aliphatic rings. The molecule has 0 spiro atoms. The van der Waals surface area contributed by atoms with Gasteiger partial charge in [0.25, 0.3) is 0 Å². The number of hydrogen-bond acceptors (Lipinski definition) is 3. The third-order valence-electron chi connectivity index (χ3n) is 3.16. The van der Waals surface area contributed by atoms with Crippen molar-refractivity contribution in [2.45, 2.75) is 32.7 Å². The SMILES string of the molecule is CCC(C)NC(=O)NCCc1cc(OC)ccc1OC. The van der Waals surface area contributed by atoms with Crippen molar-refractivity contribution in [3.63, 3.8) is 0 Å². The van der Waals surface area contributed by atoms with Crippen LogP contribution in [0.2, 0.25) is 0 Å². The van der Waals surface area contributed by atoms with Gasteiger partial charge in [-0.2, -0.15) is 0 Å². The van der Waals surface area contributed by atoms with Gasteiger partial charge in [0.1, 0.15) is 11.5 Å². The first-order valence-electron chi connectivity index (χ1n) is 6.86. The van der Waals surface area contributed by atoms with Crippen LogP contribution in [0.4, 0.5) is 4.79 Å². The van der Waals surface area contributed by atoms with E-state index in [1.165, 1.54) is 0 Å². The Morgan fingerprint density at radius 3 is 2.65 bits per heavy atom. The van der Waals surface area contributed by atoms with E-state index in [4.69, 9.17) is 9.47 Å². The topological polar surface area (TPSA) is 59.6 Å². The number of rotatable bonds is 7. The van der Waals surface area contributed by atoms with Crippen LogP contribution in [0, 0.1) is 0 Å². The van der Waals surface area contributed by atoms with Crippen molar-refractivity contribution in [1.82, 2.24) is 10.6 Å². The Kier molecular flexibility index (Phi) is 6.70. The third-order valence-corrected chi connectivity index (χ3v) is 3.16. The van der Waals surface area contributed by atoms with Gasteiger partial charge in [-0.25, -0.2) is 4.79 Å². The first-order valence-corrected chi connectivity index (χ1v) is 6.86. The molecule has 5 nitrogen and oxygen atoms in total. The fourth-order valence-electron chi connectivity index (χ4n) is 1.76. The van der Waals surface area contributed by atoms with E-state index in [1.54, 1.807) is 14.2 Å². The molecule has 1 unspecified atom stereocenters. The molecule has 0 fully saturated rings. The number of amides is 2. The summed E-state index contributed by atoms with van der Waals surface area (Å²) in [5.41, 5.74) is 1.01. The monoisotopic (exact) mass is 280 g/mol. The molecule has 112 valence electrons. The first-order chi connectivity index (χ1) is 9.60. The number of nitrogens with one attached hydrogen (secondary N) is 2. The lowest BCUT2D eigenvalue weighted by Crippen LogP contribution is -2.41. The molecule has 0 aliphatic carbocycles. The van der Waals surface area contributed by atoms with Crippen LogP contribution in [0.3, 0.4) is 0 Å². The first kappa shape index (κ1) is 16.1. The molecule has 0 bridgehead atoms. The van der Waals surface area contributed by atoms with Crippen LogP contribution in [0.15, 0.2) is 18.2 Å². The molecule has 5 heteroatoms. The summed E-state index contributed by atoms with van der Waals surface area (Å²) in [5.74, 6) is 1.58. The second kappa shape index (κ2) is 8.30. The predicted octanol–water partition coefficient (Wildman–Crippen LogP) is 2.34. The second-order valence-corrected chi connectivity index (χ2v) is 4.64. The van der Waals surface area contributed by atoms with Gasteiger partial charge in [-0.3, -0.25) is 0 Å². The van der Waals surface area contributed by atoms with Crippen LogP contribution in [-0.2, 0) is 6.42 Å². The molecular weight excluding hydrogens is 256 g/mol. The van der Waals surface area contributed by atoms with E-state index in [1.807, 2.05) is 32.0 Å². The van der Waals surface area contributed by atoms with Gasteiger partial charge in [-0.1, -0.05) is 6.92 Å². The highest BCUT2D eigenvalue weighted by atomic mass is 16.5. The average molecular weight is 280 g/mol. The number of ether oxygens (including phenoxy) is 2. The van der Waals surface area contributed by atoms with Crippen molar-refractivity contribution < 1.29 is 14.3 Å². The molecule has 0 radical (unpaired) electrons. The summed E-state index contributed by atoms with van der Waals surface area (Å²) in [7, 11) is 3.26. The van der Waals surface area contributed by atoms with Crippen LogP contribution in [0.25, 0.3) is 0 Å². The Labute approximate surface area is 120 Å². The summed E-state index contributed by atoms with van der Waals surface area (Å²) in [6.07, 6.45) is 1.60. The van der Waals surface area contributed by atoms with Crippen LogP contribution in [-0.4, -0.2) is 32.8 Å². The number of carbonyl (C=O) groups excluding carboxylic acids is 1. The van der Waals surface area contributed by atoms with Crippen LogP contribution in [0.5, 0.6) is 11.5 Å².